The average molecular weight is 349 g/mol. The molecule has 4 nitrogen and oxygen atoms in total. The van der Waals surface area contributed by atoms with E-state index in [0.717, 1.165) is 38.1 Å². The van der Waals surface area contributed by atoms with Gasteiger partial charge in [-0.3, -0.25) is 4.79 Å². The molecule has 0 fully saturated rings. The van der Waals surface area contributed by atoms with Crippen molar-refractivity contribution in [3.8, 4) is 0 Å². The van der Waals surface area contributed by atoms with Gasteiger partial charge in [-0.05, 0) is 43.0 Å². The Labute approximate surface area is 153 Å². The molecule has 1 aromatic carbocycles. The van der Waals surface area contributed by atoms with E-state index in [0.29, 0.717) is 24.1 Å². The Morgan fingerprint density at radius 3 is 2.20 bits per heavy atom. The van der Waals surface area contributed by atoms with Crippen molar-refractivity contribution in [3.63, 3.8) is 0 Å². The number of carbonyl (C=O) groups excluding carboxylic acids is 1. The minimum Gasteiger partial charge on any atom is -0.377 e. The van der Waals surface area contributed by atoms with Crippen molar-refractivity contribution in [3.05, 3.63) is 35.4 Å². The zero-order chi connectivity index (χ0) is 18.5. The lowest BCUT2D eigenvalue weighted by molar-refractivity contribution is 0.0949. The topological polar surface area (TPSA) is 50.4 Å². The number of unbranched alkanes of at least 4 members (excludes halogenated alkanes) is 3. The van der Waals surface area contributed by atoms with E-state index in [1.165, 1.54) is 12.8 Å². The molecule has 0 heterocycles. The van der Waals surface area contributed by atoms with E-state index in [4.69, 9.17) is 4.74 Å². The van der Waals surface area contributed by atoms with E-state index in [1.54, 1.807) is 0 Å². The molecule has 0 unspecified atom stereocenters. The first-order chi connectivity index (χ1) is 12.0. The molecule has 0 aliphatic carbocycles. The quantitative estimate of drug-likeness (QED) is 0.527. The Bertz CT molecular complexity index is 469. The lowest BCUT2D eigenvalue weighted by atomic mass is 10.1. The number of hydrogen-bond acceptors (Lipinski definition) is 3. The second kappa shape index (κ2) is 12.9. The largest absolute Gasteiger partial charge is 0.377 e. The molecule has 2 N–H and O–H groups in total. The maximum absolute atomic E-state index is 12.1. The van der Waals surface area contributed by atoms with Crippen LogP contribution in [-0.2, 0) is 11.3 Å². The molecule has 25 heavy (non-hydrogen) atoms. The van der Waals surface area contributed by atoms with Gasteiger partial charge >= 0.3 is 0 Å². The van der Waals surface area contributed by atoms with Crippen LogP contribution < -0.4 is 10.6 Å². The Morgan fingerprint density at radius 1 is 0.960 bits per heavy atom. The summed E-state index contributed by atoms with van der Waals surface area (Å²) >= 11 is 0. The Kier molecular flexibility index (Phi) is 11.2. The van der Waals surface area contributed by atoms with Gasteiger partial charge in [0, 0.05) is 24.8 Å². The Balaban J connectivity index is 2.14. The van der Waals surface area contributed by atoms with Crippen LogP contribution in [0.15, 0.2) is 24.3 Å². The van der Waals surface area contributed by atoms with Crippen LogP contribution in [0.3, 0.4) is 0 Å². The zero-order valence-electron chi connectivity index (χ0n) is 16.4. The van der Waals surface area contributed by atoms with Crippen LogP contribution in [0.5, 0.6) is 0 Å². The maximum Gasteiger partial charge on any atom is 0.251 e. The summed E-state index contributed by atoms with van der Waals surface area (Å²) in [6.07, 6.45) is 4.61. The van der Waals surface area contributed by atoms with Gasteiger partial charge in [0.15, 0.2) is 0 Å². The van der Waals surface area contributed by atoms with Crippen LogP contribution in [0.4, 0.5) is 0 Å². The third kappa shape index (κ3) is 11.0. The van der Waals surface area contributed by atoms with Crippen molar-refractivity contribution < 1.29 is 9.53 Å². The van der Waals surface area contributed by atoms with Gasteiger partial charge in [-0.25, -0.2) is 0 Å². The van der Waals surface area contributed by atoms with Crippen molar-refractivity contribution in [2.45, 2.75) is 66.0 Å². The summed E-state index contributed by atoms with van der Waals surface area (Å²) in [6, 6.07) is 8.25. The summed E-state index contributed by atoms with van der Waals surface area (Å²) in [5.74, 6) is 0.549. The smallest absolute Gasteiger partial charge is 0.251 e. The number of rotatable bonds is 13. The summed E-state index contributed by atoms with van der Waals surface area (Å²) in [6.45, 7) is 11.8. The highest BCUT2D eigenvalue weighted by atomic mass is 16.5. The lowest BCUT2D eigenvalue weighted by Gasteiger charge is -2.09. The van der Waals surface area contributed by atoms with Crippen molar-refractivity contribution in [2.24, 2.45) is 5.92 Å². The lowest BCUT2D eigenvalue weighted by Crippen LogP contribution is -2.25. The van der Waals surface area contributed by atoms with Gasteiger partial charge in [-0.15, -0.1) is 0 Å². The standard InChI is InChI=1S/C21H36N2O2/c1-17(2)15-25-16-19-9-11-20(12-10-19)21(24)23-14-8-6-5-7-13-22-18(3)4/h9-12,17-18,22H,5-8,13-16H2,1-4H3,(H,23,24). The molecule has 0 aromatic heterocycles. The van der Waals surface area contributed by atoms with E-state index in [-0.39, 0.29) is 5.91 Å². The highest BCUT2D eigenvalue weighted by molar-refractivity contribution is 5.94. The van der Waals surface area contributed by atoms with Crippen molar-refractivity contribution >= 4 is 5.91 Å². The molecular formula is C21H36N2O2. The van der Waals surface area contributed by atoms with Crippen molar-refractivity contribution in [1.29, 1.82) is 0 Å². The number of carbonyl (C=O) groups is 1. The van der Waals surface area contributed by atoms with Crippen LogP contribution in [-0.4, -0.2) is 31.6 Å². The van der Waals surface area contributed by atoms with Crippen molar-refractivity contribution in [1.82, 2.24) is 10.6 Å². The fourth-order valence-corrected chi connectivity index (χ4v) is 2.46. The molecule has 0 aliphatic rings. The van der Waals surface area contributed by atoms with Crippen LogP contribution in [0.25, 0.3) is 0 Å². The van der Waals surface area contributed by atoms with E-state index in [1.807, 2.05) is 24.3 Å². The first kappa shape index (κ1) is 21.7. The SMILES string of the molecule is CC(C)COCc1ccc(C(=O)NCCCCCCNC(C)C)cc1. The molecule has 1 aromatic rings. The molecular weight excluding hydrogens is 312 g/mol. The molecule has 0 saturated heterocycles. The van der Waals surface area contributed by atoms with Crippen LogP contribution in [0.1, 0.15) is 69.3 Å². The van der Waals surface area contributed by atoms with Crippen LogP contribution in [0, 0.1) is 5.92 Å². The number of nitrogens with one attached hydrogen (secondary N) is 2. The van der Waals surface area contributed by atoms with Crippen LogP contribution >= 0.6 is 0 Å². The van der Waals surface area contributed by atoms with E-state index >= 15 is 0 Å². The first-order valence-corrected chi connectivity index (χ1v) is 9.67. The van der Waals surface area contributed by atoms with Gasteiger partial charge in [-0.2, -0.15) is 0 Å². The summed E-state index contributed by atoms with van der Waals surface area (Å²) in [7, 11) is 0. The van der Waals surface area contributed by atoms with Gasteiger partial charge in [0.2, 0.25) is 0 Å². The van der Waals surface area contributed by atoms with E-state index in [9.17, 15) is 4.79 Å². The van der Waals surface area contributed by atoms with Gasteiger partial charge in [0.25, 0.3) is 5.91 Å². The maximum atomic E-state index is 12.1. The Morgan fingerprint density at radius 2 is 1.60 bits per heavy atom. The molecule has 4 heteroatoms. The molecule has 0 spiro atoms. The number of hydrogen-bond donors (Lipinski definition) is 2. The minimum absolute atomic E-state index is 0.0103. The Hall–Kier alpha value is -1.39. The fraction of sp³-hybridized carbons (Fsp3) is 0.667. The predicted molar refractivity (Wildman–Crippen MR) is 105 cm³/mol. The monoisotopic (exact) mass is 348 g/mol. The van der Waals surface area contributed by atoms with Gasteiger partial charge in [0.05, 0.1) is 6.61 Å². The molecule has 0 atom stereocenters. The summed E-state index contributed by atoms with van der Waals surface area (Å²) in [4.78, 5) is 12.1. The summed E-state index contributed by atoms with van der Waals surface area (Å²) < 4.78 is 5.61. The number of ether oxygens (including phenoxy) is 1. The van der Waals surface area contributed by atoms with Crippen molar-refractivity contribution in [2.75, 3.05) is 19.7 Å². The van der Waals surface area contributed by atoms with Gasteiger partial charge in [0.1, 0.15) is 0 Å². The van der Waals surface area contributed by atoms with Crippen LogP contribution in [0.2, 0.25) is 0 Å². The third-order valence-corrected chi connectivity index (χ3v) is 3.88. The molecule has 0 aliphatic heterocycles. The fourth-order valence-electron chi connectivity index (χ4n) is 2.46. The number of benzene rings is 1. The zero-order valence-corrected chi connectivity index (χ0v) is 16.4. The van der Waals surface area contributed by atoms with E-state index in [2.05, 4.69) is 38.3 Å². The first-order valence-electron chi connectivity index (χ1n) is 9.67. The average Bonchev–Trinajstić information content (AvgIpc) is 2.57. The van der Waals surface area contributed by atoms with Gasteiger partial charge in [-0.1, -0.05) is 52.7 Å². The molecule has 1 rings (SSSR count). The minimum atomic E-state index is 0.0103. The highest BCUT2D eigenvalue weighted by Crippen LogP contribution is 2.07. The summed E-state index contributed by atoms with van der Waals surface area (Å²) in [5, 5.41) is 6.42. The third-order valence-electron chi connectivity index (χ3n) is 3.88. The molecule has 0 saturated carbocycles. The van der Waals surface area contributed by atoms with Gasteiger partial charge < -0.3 is 15.4 Å². The summed E-state index contributed by atoms with van der Waals surface area (Å²) in [5.41, 5.74) is 1.82. The van der Waals surface area contributed by atoms with E-state index < -0.39 is 0 Å². The predicted octanol–water partition coefficient (Wildman–Crippen LogP) is 4.15. The second-order valence-corrected chi connectivity index (χ2v) is 7.38. The second-order valence-electron chi connectivity index (χ2n) is 7.38. The number of amides is 1. The molecule has 0 radical (unpaired) electrons. The molecule has 0 bridgehead atoms. The normalized spacial score (nSPS) is 11.3. The molecule has 142 valence electrons. The highest BCUT2D eigenvalue weighted by Gasteiger charge is 2.05. The molecule has 1 amide bonds.